The molecule has 13 heteroatoms. The fourth-order valence-electron chi connectivity index (χ4n) is 4.72. The number of ether oxygens (including phenoxy) is 7. The van der Waals surface area contributed by atoms with E-state index in [4.69, 9.17) is 33.2 Å². The number of carbonyl (C=O) groups excluding carboxylic acids is 3. The van der Waals surface area contributed by atoms with Crippen LogP contribution < -0.4 is 33.7 Å². The van der Waals surface area contributed by atoms with Crippen LogP contribution in [0.2, 0.25) is 0 Å². The molecule has 1 aliphatic rings. The largest absolute Gasteiger partial charge is 0.493 e. The zero-order valence-corrected chi connectivity index (χ0v) is 26.2. The van der Waals surface area contributed by atoms with Crippen LogP contribution in [0.5, 0.6) is 34.5 Å². The Bertz CT molecular complexity index is 1270. The molecule has 1 atom stereocenters. The van der Waals surface area contributed by atoms with Gasteiger partial charge in [-0.1, -0.05) is 0 Å². The highest BCUT2D eigenvalue weighted by molar-refractivity contribution is 5.97. The molecule has 1 heterocycles. The molecule has 1 fully saturated rings. The first-order valence-electron chi connectivity index (χ1n) is 13.6. The number of nitrogens with zero attached hydrogens (tertiary/aromatic N) is 2. The molecule has 3 amide bonds. The van der Waals surface area contributed by atoms with Crippen molar-refractivity contribution in [3.63, 3.8) is 0 Å². The molecule has 0 spiro atoms. The van der Waals surface area contributed by atoms with Crippen LogP contribution in [0.3, 0.4) is 0 Å². The third-order valence-electron chi connectivity index (χ3n) is 6.74. The summed E-state index contributed by atoms with van der Waals surface area (Å²) >= 11 is 0. The second-order valence-electron chi connectivity index (χ2n) is 10.7. The lowest BCUT2D eigenvalue weighted by Crippen LogP contribution is -2.58. The molecule has 0 saturated carbocycles. The summed E-state index contributed by atoms with van der Waals surface area (Å²) in [5, 5.41) is 2.74. The standard InChI is InChI=1S/C30H41N3O10/c1-30(2,3)31-29(36)43-17-20-16-32(27(34)18-12-21(37-4)25(41-8)22(13-18)38-5)10-11-33(20)28(35)19-14-23(39-6)26(42-9)24(15-19)40-7/h12-15,20H,10-11,16-17H2,1-9H3,(H,31,36). The summed E-state index contributed by atoms with van der Waals surface area (Å²) < 4.78 is 38.0. The van der Waals surface area contributed by atoms with Crippen molar-refractivity contribution < 1.29 is 47.5 Å². The van der Waals surface area contributed by atoms with E-state index in [0.29, 0.717) is 40.1 Å². The highest BCUT2D eigenvalue weighted by Crippen LogP contribution is 2.40. The fourth-order valence-corrected chi connectivity index (χ4v) is 4.72. The molecule has 1 aliphatic heterocycles. The zero-order valence-electron chi connectivity index (χ0n) is 26.2. The summed E-state index contributed by atoms with van der Waals surface area (Å²) in [7, 11) is 8.81. The average molecular weight is 604 g/mol. The maximum absolute atomic E-state index is 13.9. The molecule has 236 valence electrons. The molecular formula is C30H41N3O10. The van der Waals surface area contributed by atoms with E-state index in [-0.39, 0.29) is 43.6 Å². The Balaban J connectivity index is 1.94. The first kappa shape index (κ1) is 33.0. The molecule has 43 heavy (non-hydrogen) atoms. The Morgan fingerprint density at radius 3 is 1.56 bits per heavy atom. The van der Waals surface area contributed by atoms with Gasteiger partial charge in [-0.25, -0.2) is 4.79 Å². The van der Waals surface area contributed by atoms with Gasteiger partial charge in [0.25, 0.3) is 11.8 Å². The minimum atomic E-state index is -0.669. The van der Waals surface area contributed by atoms with E-state index in [1.807, 2.05) is 20.8 Å². The smallest absolute Gasteiger partial charge is 0.407 e. The number of methoxy groups -OCH3 is 6. The third kappa shape index (κ3) is 7.65. The van der Waals surface area contributed by atoms with Gasteiger partial charge in [-0.2, -0.15) is 0 Å². The van der Waals surface area contributed by atoms with Crippen molar-refractivity contribution in [1.29, 1.82) is 0 Å². The Morgan fingerprint density at radius 2 is 1.16 bits per heavy atom. The van der Waals surface area contributed by atoms with Crippen LogP contribution in [0.1, 0.15) is 41.5 Å². The quantitative estimate of drug-likeness (QED) is 0.431. The molecule has 1 unspecified atom stereocenters. The molecule has 0 aliphatic carbocycles. The maximum atomic E-state index is 13.9. The number of nitrogens with one attached hydrogen (secondary N) is 1. The second kappa shape index (κ2) is 14.1. The van der Waals surface area contributed by atoms with Crippen LogP contribution in [0.25, 0.3) is 0 Å². The van der Waals surface area contributed by atoms with Gasteiger partial charge in [-0.3, -0.25) is 9.59 Å². The van der Waals surface area contributed by atoms with Crippen LogP contribution in [0.4, 0.5) is 4.79 Å². The monoisotopic (exact) mass is 603 g/mol. The zero-order chi connectivity index (χ0) is 31.9. The molecule has 0 aromatic heterocycles. The van der Waals surface area contributed by atoms with E-state index in [9.17, 15) is 14.4 Å². The van der Waals surface area contributed by atoms with Crippen molar-refractivity contribution in [3.8, 4) is 34.5 Å². The van der Waals surface area contributed by atoms with Crippen LogP contribution in [0, 0.1) is 0 Å². The molecule has 2 aromatic rings. The minimum absolute atomic E-state index is 0.0917. The number of hydrogen-bond acceptors (Lipinski definition) is 10. The number of amides is 3. The first-order valence-corrected chi connectivity index (χ1v) is 13.6. The highest BCUT2D eigenvalue weighted by atomic mass is 16.6. The average Bonchev–Trinajstić information content (AvgIpc) is 3.00. The van der Waals surface area contributed by atoms with Crippen LogP contribution in [-0.4, -0.2) is 108 Å². The number of piperazine rings is 1. The molecule has 1 N–H and O–H groups in total. The van der Waals surface area contributed by atoms with Crippen molar-refractivity contribution in [2.24, 2.45) is 0 Å². The lowest BCUT2D eigenvalue weighted by atomic mass is 10.1. The molecule has 3 rings (SSSR count). The van der Waals surface area contributed by atoms with E-state index in [1.165, 1.54) is 42.7 Å². The van der Waals surface area contributed by atoms with Crippen molar-refractivity contribution in [2.75, 3.05) is 68.9 Å². The van der Waals surface area contributed by atoms with Crippen molar-refractivity contribution in [3.05, 3.63) is 35.4 Å². The van der Waals surface area contributed by atoms with Crippen LogP contribution in [-0.2, 0) is 4.74 Å². The summed E-state index contributed by atoms with van der Waals surface area (Å²) in [4.78, 5) is 43.3. The second-order valence-corrected chi connectivity index (χ2v) is 10.7. The van der Waals surface area contributed by atoms with Gasteiger partial charge in [-0.15, -0.1) is 0 Å². The molecule has 1 saturated heterocycles. The van der Waals surface area contributed by atoms with Crippen LogP contribution >= 0.6 is 0 Å². The molecular weight excluding hydrogens is 562 g/mol. The predicted molar refractivity (Wildman–Crippen MR) is 157 cm³/mol. The van der Waals surface area contributed by atoms with Crippen molar-refractivity contribution in [1.82, 2.24) is 15.1 Å². The van der Waals surface area contributed by atoms with Gasteiger partial charge in [-0.05, 0) is 45.0 Å². The van der Waals surface area contributed by atoms with Gasteiger partial charge in [0.05, 0.1) is 48.7 Å². The summed E-state index contributed by atoms with van der Waals surface area (Å²) in [6.45, 7) is 5.80. The topological polar surface area (TPSA) is 134 Å². The Hall–Kier alpha value is -4.55. The number of benzene rings is 2. The SMILES string of the molecule is COc1cc(C(=O)N2CCN(C(=O)c3cc(OC)c(OC)c(OC)c3)C(COC(=O)NC(C)(C)C)C2)cc(OC)c1OC. The summed E-state index contributed by atoms with van der Waals surface area (Å²) in [5.74, 6) is 1.34. The molecule has 0 bridgehead atoms. The number of carbonyl (C=O) groups is 3. The number of alkyl carbamates (subject to hydrolysis) is 1. The Morgan fingerprint density at radius 1 is 0.721 bits per heavy atom. The lowest BCUT2D eigenvalue weighted by molar-refractivity contribution is 0.0222. The summed E-state index contributed by atoms with van der Waals surface area (Å²) in [5.41, 5.74) is 0.0659. The van der Waals surface area contributed by atoms with Gasteiger partial charge in [0.1, 0.15) is 6.61 Å². The number of rotatable bonds is 10. The Labute approximate surface area is 251 Å². The van der Waals surface area contributed by atoms with E-state index < -0.39 is 17.7 Å². The van der Waals surface area contributed by atoms with Gasteiger partial charge in [0.2, 0.25) is 11.5 Å². The van der Waals surface area contributed by atoms with E-state index in [1.54, 1.807) is 34.1 Å². The van der Waals surface area contributed by atoms with E-state index in [2.05, 4.69) is 5.32 Å². The van der Waals surface area contributed by atoms with Gasteiger partial charge in [0.15, 0.2) is 23.0 Å². The third-order valence-corrected chi connectivity index (χ3v) is 6.74. The van der Waals surface area contributed by atoms with Gasteiger partial charge in [0, 0.05) is 36.3 Å². The Kier molecular flexibility index (Phi) is 10.8. The lowest BCUT2D eigenvalue weighted by Gasteiger charge is -2.41. The molecule has 13 nitrogen and oxygen atoms in total. The molecule has 2 aromatic carbocycles. The number of hydrogen-bond donors (Lipinski definition) is 1. The van der Waals surface area contributed by atoms with Crippen LogP contribution in [0.15, 0.2) is 24.3 Å². The summed E-state index contributed by atoms with van der Waals surface area (Å²) in [6, 6.07) is 5.58. The van der Waals surface area contributed by atoms with Gasteiger partial charge >= 0.3 is 6.09 Å². The highest BCUT2D eigenvalue weighted by Gasteiger charge is 2.36. The summed E-state index contributed by atoms with van der Waals surface area (Å²) in [6.07, 6.45) is -0.638. The normalized spacial score (nSPS) is 14.9. The van der Waals surface area contributed by atoms with E-state index in [0.717, 1.165) is 0 Å². The first-order chi connectivity index (χ1) is 20.4. The predicted octanol–water partition coefficient (Wildman–Crippen LogP) is 3.23. The maximum Gasteiger partial charge on any atom is 0.407 e. The van der Waals surface area contributed by atoms with Gasteiger partial charge < -0.3 is 48.3 Å². The van der Waals surface area contributed by atoms with E-state index >= 15 is 0 Å². The minimum Gasteiger partial charge on any atom is -0.493 e. The van der Waals surface area contributed by atoms with Crippen molar-refractivity contribution in [2.45, 2.75) is 32.4 Å². The fraction of sp³-hybridized carbons (Fsp3) is 0.500. The molecule has 0 radical (unpaired) electrons. The van der Waals surface area contributed by atoms with Crippen molar-refractivity contribution >= 4 is 17.9 Å².